The van der Waals surface area contributed by atoms with Crippen molar-refractivity contribution in [2.75, 3.05) is 38.5 Å². The lowest BCUT2D eigenvalue weighted by molar-refractivity contribution is -0.174. The van der Waals surface area contributed by atoms with Gasteiger partial charge in [0.25, 0.3) is 5.91 Å². The van der Waals surface area contributed by atoms with Gasteiger partial charge in [-0.25, -0.2) is 9.97 Å². The van der Waals surface area contributed by atoms with Crippen LogP contribution in [-0.2, 0) is 13.0 Å². The number of rotatable bonds is 4. The van der Waals surface area contributed by atoms with Gasteiger partial charge in [-0.05, 0) is 12.8 Å². The third-order valence-electron chi connectivity index (χ3n) is 5.05. The van der Waals surface area contributed by atoms with Gasteiger partial charge in [-0.1, -0.05) is 6.92 Å². The van der Waals surface area contributed by atoms with E-state index >= 15 is 0 Å². The molecule has 0 radical (unpaired) electrons. The highest BCUT2D eigenvalue weighted by molar-refractivity contribution is 5.94. The average Bonchev–Trinajstić information content (AvgIpc) is 3.14. The van der Waals surface area contributed by atoms with Crippen molar-refractivity contribution in [3.63, 3.8) is 0 Å². The zero-order valence-electron chi connectivity index (χ0n) is 15.1. The third kappa shape index (κ3) is 3.92. The maximum absolute atomic E-state index is 12.9. The molecule has 1 aromatic rings. The van der Waals surface area contributed by atoms with Crippen LogP contribution in [0.25, 0.3) is 0 Å². The van der Waals surface area contributed by atoms with Gasteiger partial charge in [0.15, 0.2) is 0 Å². The zero-order chi connectivity index (χ0) is 18.9. The summed E-state index contributed by atoms with van der Waals surface area (Å²) in [4.78, 5) is 25.2. The molecule has 26 heavy (non-hydrogen) atoms. The molecule has 0 spiro atoms. The van der Waals surface area contributed by atoms with Crippen molar-refractivity contribution in [2.45, 2.75) is 38.9 Å². The van der Waals surface area contributed by atoms with E-state index in [9.17, 15) is 18.0 Å². The first-order chi connectivity index (χ1) is 12.3. The van der Waals surface area contributed by atoms with E-state index in [4.69, 9.17) is 0 Å². The first kappa shape index (κ1) is 18.9. The Kier molecular flexibility index (Phi) is 5.36. The van der Waals surface area contributed by atoms with Gasteiger partial charge in [0.2, 0.25) is 5.95 Å². The minimum Gasteiger partial charge on any atom is -0.357 e. The zero-order valence-corrected chi connectivity index (χ0v) is 15.1. The van der Waals surface area contributed by atoms with Crippen molar-refractivity contribution in [3.05, 3.63) is 17.0 Å². The summed E-state index contributed by atoms with van der Waals surface area (Å²) in [7, 11) is 1.69. The average molecular weight is 371 g/mol. The highest BCUT2D eigenvalue weighted by Gasteiger charge is 2.38. The van der Waals surface area contributed by atoms with Crippen LogP contribution in [0, 0.1) is 5.92 Å². The van der Waals surface area contributed by atoms with Crippen LogP contribution in [0.2, 0.25) is 0 Å². The molecular weight excluding hydrogens is 347 g/mol. The number of likely N-dealkylation sites (tertiary alicyclic amines) is 1. The lowest BCUT2D eigenvalue weighted by Crippen LogP contribution is -2.40. The SMILES string of the molecule is CNc1nc2c(c(C(=O)N3CCCC3)n1)CN(C[C@@H](C)C(F)(F)F)CC2. The van der Waals surface area contributed by atoms with Crippen LogP contribution in [0.3, 0.4) is 0 Å². The number of fused-ring (bicyclic) bond motifs is 1. The van der Waals surface area contributed by atoms with E-state index in [-0.39, 0.29) is 19.0 Å². The number of hydrogen-bond acceptors (Lipinski definition) is 5. The first-order valence-electron chi connectivity index (χ1n) is 8.95. The second kappa shape index (κ2) is 7.38. The van der Waals surface area contributed by atoms with E-state index in [1.165, 1.54) is 6.92 Å². The standard InChI is InChI=1S/C17H24F3N5O/c1-11(17(18,19)20)9-24-8-5-13-12(10-24)14(23-16(21-2)22-13)15(26)25-6-3-4-7-25/h11H,3-10H2,1-2H3,(H,21,22,23)/t11-/m1/s1. The molecule has 3 heterocycles. The number of aromatic nitrogens is 2. The van der Waals surface area contributed by atoms with Crippen molar-refractivity contribution in [3.8, 4) is 0 Å². The summed E-state index contributed by atoms with van der Waals surface area (Å²) in [5.74, 6) is -1.19. The fourth-order valence-electron chi connectivity index (χ4n) is 3.48. The number of carbonyl (C=O) groups is 1. The van der Waals surface area contributed by atoms with Crippen molar-refractivity contribution < 1.29 is 18.0 Å². The smallest absolute Gasteiger partial charge is 0.357 e. The van der Waals surface area contributed by atoms with E-state index < -0.39 is 12.1 Å². The molecule has 2 aliphatic rings. The molecule has 2 aliphatic heterocycles. The number of amides is 1. The molecular formula is C17H24F3N5O. The van der Waals surface area contributed by atoms with Crippen LogP contribution in [0.15, 0.2) is 0 Å². The number of hydrogen-bond donors (Lipinski definition) is 1. The maximum Gasteiger partial charge on any atom is 0.392 e. The summed E-state index contributed by atoms with van der Waals surface area (Å²) >= 11 is 0. The Morgan fingerprint density at radius 2 is 1.92 bits per heavy atom. The Hall–Kier alpha value is -1.90. The molecule has 0 aliphatic carbocycles. The van der Waals surface area contributed by atoms with Crippen molar-refractivity contribution in [1.82, 2.24) is 19.8 Å². The van der Waals surface area contributed by atoms with E-state index in [2.05, 4.69) is 15.3 Å². The van der Waals surface area contributed by atoms with Crippen LogP contribution in [0.1, 0.15) is 41.5 Å². The van der Waals surface area contributed by atoms with Crippen molar-refractivity contribution in [1.29, 1.82) is 0 Å². The number of alkyl halides is 3. The van der Waals surface area contributed by atoms with Gasteiger partial charge in [0.1, 0.15) is 5.69 Å². The van der Waals surface area contributed by atoms with Gasteiger partial charge < -0.3 is 10.2 Å². The van der Waals surface area contributed by atoms with E-state index in [1.54, 1.807) is 16.8 Å². The molecule has 0 unspecified atom stereocenters. The van der Waals surface area contributed by atoms with E-state index in [0.717, 1.165) is 18.5 Å². The molecule has 0 aromatic carbocycles. The lowest BCUT2D eigenvalue weighted by Gasteiger charge is -2.32. The molecule has 1 atom stereocenters. The molecule has 1 amide bonds. The molecule has 144 valence electrons. The Bertz CT molecular complexity index is 673. The minimum atomic E-state index is -4.22. The topological polar surface area (TPSA) is 61.4 Å². The normalized spacial score (nSPS) is 19.3. The van der Waals surface area contributed by atoms with Gasteiger partial charge >= 0.3 is 6.18 Å². The molecule has 3 rings (SSSR count). The van der Waals surface area contributed by atoms with Crippen molar-refractivity contribution in [2.24, 2.45) is 5.92 Å². The second-order valence-electron chi connectivity index (χ2n) is 7.00. The molecule has 1 aromatic heterocycles. The van der Waals surface area contributed by atoms with E-state index in [1.807, 2.05) is 0 Å². The molecule has 1 fully saturated rings. The van der Waals surface area contributed by atoms with Gasteiger partial charge in [-0.2, -0.15) is 13.2 Å². The summed E-state index contributed by atoms with van der Waals surface area (Å²) in [5.41, 5.74) is 1.75. The fourth-order valence-corrected chi connectivity index (χ4v) is 3.48. The fraction of sp³-hybridized carbons (Fsp3) is 0.706. The van der Waals surface area contributed by atoms with Crippen LogP contribution < -0.4 is 5.32 Å². The molecule has 0 saturated carbocycles. The molecule has 9 heteroatoms. The highest BCUT2D eigenvalue weighted by Crippen LogP contribution is 2.29. The van der Waals surface area contributed by atoms with E-state index in [0.29, 0.717) is 43.3 Å². The lowest BCUT2D eigenvalue weighted by atomic mass is 10.0. The Labute approximate surface area is 150 Å². The van der Waals surface area contributed by atoms with Crippen LogP contribution in [0.5, 0.6) is 0 Å². The van der Waals surface area contributed by atoms with Gasteiger partial charge in [0, 0.05) is 51.8 Å². The summed E-state index contributed by atoms with van der Waals surface area (Å²) in [6.07, 6.45) is -1.78. The summed E-state index contributed by atoms with van der Waals surface area (Å²) in [5, 5.41) is 2.87. The summed E-state index contributed by atoms with van der Waals surface area (Å²) in [6.45, 7) is 3.25. The highest BCUT2D eigenvalue weighted by atomic mass is 19.4. The van der Waals surface area contributed by atoms with Gasteiger partial charge in [0.05, 0.1) is 11.6 Å². The number of anilines is 1. The first-order valence-corrected chi connectivity index (χ1v) is 8.95. The number of nitrogens with zero attached hydrogens (tertiary/aromatic N) is 4. The quantitative estimate of drug-likeness (QED) is 0.880. The van der Waals surface area contributed by atoms with Crippen LogP contribution in [0.4, 0.5) is 19.1 Å². The minimum absolute atomic E-state index is 0.0892. The van der Waals surface area contributed by atoms with Crippen LogP contribution >= 0.6 is 0 Å². The predicted octanol–water partition coefficient (Wildman–Crippen LogP) is 2.31. The summed E-state index contributed by atoms with van der Waals surface area (Å²) in [6, 6.07) is 0. The Morgan fingerprint density at radius 1 is 1.23 bits per heavy atom. The van der Waals surface area contributed by atoms with Crippen LogP contribution in [-0.4, -0.2) is 65.1 Å². The second-order valence-corrected chi connectivity index (χ2v) is 7.00. The molecule has 1 N–H and O–H groups in total. The maximum atomic E-state index is 12.9. The Morgan fingerprint density at radius 3 is 2.54 bits per heavy atom. The number of halogens is 3. The number of nitrogens with one attached hydrogen (secondary N) is 1. The molecule has 6 nitrogen and oxygen atoms in total. The van der Waals surface area contributed by atoms with Gasteiger partial charge in [-0.3, -0.25) is 9.69 Å². The van der Waals surface area contributed by atoms with Crippen molar-refractivity contribution >= 4 is 11.9 Å². The predicted molar refractivity (Wildman–Crippen MR) is 90.9 cm³/mol. The van der Waals surface area contributed by atoms with Gasteiger partial charge in [-0.15, -0.1) is 0 Å². The molecule has 1 saturated heterocycles. The third-order valence-corrected chi connectivity index (χ3v) is 5.05. The monoisotopic (exact) mass is 371 g/mol. The molecule has 0 bridgehead atoms. The Balaban J connectivity index is 1.86. The largest absolute Gasteiger partial charge is 0.392 e. The summed E-state index contributed by atoms with van der Waals surface area (Å²) < 4.78 is 38.7. The number of carbonyl (C=O) groups excluding carboxylic acids is 1.